The molecule has 2 aromatic rings. The normalized spacial score (nSPS) is 10.3. The first-order valence-electron chi connectivity index (χ1n) is 5.73. The van der Waals surface area contributed by atoms with Crippen molar-refractivity contribution in [1.82, 2.24) is 0 Å². The second-order valence-corrected chi connectivity index (χ2v) is 4.89. The van der Waals surface area contributed by atoms with Crippen LogP contribution in [0.15, 0.2) is 53.0 Å². The van der Waals surface area contributed by atoms with Gasteiger partial charge in [-0.05, 0) is 35.4 Å². The highest BCUT2D eigenvalue weighted by atomic mass is 79.9. The van der Waals surface area contributed by atoms with E-state index >= 15 is 0 Å². The molecule has 0 aliphatic carbocycles. The molecule has 0 aliphatic heterocycles. The molecule has 0 fully saturated rings. The molecule has 2 aromatic carbocycles. The van der Waals surface area contributed by atoms with Gasteiger partial charge in [0.2, 0.25) is 0 Å². The van der Waals surface area contributed by atoms with E-state index in [-0.39, 0.29) is 0 Å². The van der Waals surface area contributed by atoms with Crippen molar-refractivity contribution in [2.24, 2.45) is 0 Å². The molecule has 0 atom stereocenters. The number of hydrogen-bond acceptors (Lipinski definition) is 2. The summed E-state index contributed by atoms with van der Waals surface area (Å²) in [6.07, 6.45) is 0. The van der Waals surface area contributed by atoms with Crippen LogP contribution in [0.3, 0.4) is 0 Å². The van der Waals surface area contributed by atoms with Crippen LogP contribution in [0.25, 0.3) is 0 Å². The average molecular weight is 307 g/mol. The van der Waals surface area contributed by atoms with Crippen molar-refractivity contribution in [1.29, 1.82) is 0 Å². The van der Waals surface area contributed by atoms with Crippen LogP contribution in [-0.4, -0.2) is 7.11 Å². The van der Waals surface area contributed by atoms with Crippen molar-refractivity contribution in [3.8, 4) is 5.75 Å². The lowest BCUT2D eigenvalue weighted by atomic mass is 10.2. The van der Waals surface area contributed by atoms with Gasteiger partial charge < -0.3 is 9.47 Å². The van der Waals surface area contributed by atoms with E-state index in [4.69, 9.17) is 9.47 Å². The molecule has 0 saturated heterocycles. The van der Waals surface area contributed by atoms with E-state index in [9.17, 15) is 0 Å². The largest absolute Gasteiger partial charge is 0.497 e. The van der Waals surface area contributed by atoms with Crippen LogP contribution in [0.2, 0.25) is 0 Å². The van der Waals surface area contributed by atoms with Gasteiger partial charge in [-0.1, -0.05) is 40.2 Å². The minimum absolute atomic E-state index is 0.591. The summed E-state index contributed by atoms with van der Waals surface area (Å²) in [5, 5.41) is 0. The fourth-order valence-corrected chi connectivity index (χ4v) is 1.89. The second-order valence-electron chi connectivity index (χ2n) is 3.97. The molecule has 0 unspecified atom stereocenters. The predicted octanol–water partition coefficient (Wildman–Crippen LogP) is 4.17. The number of benzene rings is 2. The molecule has 3 heteroatoms. The van der Waals surface area contributed by atoms with Crippen LogP contribution >= 0.6 is 15.9 Å². The molecule has 0 aliphatic rings. The van der Waals surface area contributed by atoms with E-state index in [1.54, 1.807) is 7.11 Å². The van der Waals surface area contributed by atoms with Crippen LogP contribution in [0.5, 0.6) is 5.75 Å². The fourth-order valence-electron chi connectivity index (χ4n) is 1.63. The van der Waals surface area contributed by atoms with E-state index in [1.807, 2.05) is 36.4 Å². The third-order valence-electron chi connectivity index (χ3n) is 2.58. The van der Waals surface area contributed by atoms with Gasteiger partial charge in [0.15, 0.2) is 0 Å². The SMILES string of the molecule is COc1cccc(COCc2ccc(Br)cc2)c1. The Kier molecular flexibility index (Phi) is 4.79. The molecule has 0 amide bonds. The number of ether oxygens (including phenoxy) is 2. The predicted molar refractivity (Wildman–Crippen MR) is 75.6 cm³/mol. The molecule has 0 radical (unpaired) electrons. The summed E-state index contributed by atoms with van der Waals surface area (Å²) >= 11 is 3.41. The van der Waals surface area contributed by atoms with Gasteiger partial charge in [-0.15, -0.1) is 0 Å². The minimum atomic E-state index is 0.591. The molecular weight excluding hydrogens is 292 g/mol. The Hall–Kier alpha value is -1.32. The van der Waals surface area contributed by atoms with Crippen molar-refractivity contribution in [3.63, 3.8) is 0 Å². The molecule has 0 spiro atoms. The molecule has 0 heterocycles. The van der Waals surface area contributed by atoms with E-state index < -0.39 is 0 Å². The zero-order valence-electron chi connectivity index (χ0n) is 10.2. The highest BCUT2D eigenvalue weighted by Gasteiger charge is 1.97. The van der Waals surface area contributed by atoms with Crippen molar-refractivity contribution < 1.29 is 9.47 Å². The Morgan fingerprint density at radius 3 is 2.39 bits per heavy atom. The Bertz CT molecular complexity index is 494. The highest BCUT2D eigenvalue weighted by molar-refractivity contribution is 9.10. The lowest BCUT2D eigenvalue weighted by Gasteiger charge is -2.06. The summed E-state index contributed by atoms with van der Waals surface area (Å²) < 4.78 is 11.9. The maximum atomic E-state index is 5.67. The highest BCUT2D eigenvalue weighted by Crippen LogP contribution is 2.15. The Morgan fingerprint density at radius 1 is 0.944 bits per heavy atom. The third-order valence-corrected chi connectivity index (χ3v) is 3.11. The van der Waals surface area contributed by atoms with Crippen molar-refractivity contribution >= 4 is 15.9 Å². The van der Waals surface area contributed by atoms with Crippen LogP contribution in [0.1, 0.15) is 11.1 Å². The van der Waals surface area contributed by atoms with Gasteiger partial charge >= 0.3 is 0 Å². The standard InChI is InChI=1S/C15H15BrO2/c1-17-15-4-2-3-13(9-15)11-18-10-12-5-7-14(16)8-6-12/h2-9H,10-11H2,1H3. The van der Waals surface area contributed by atoms with Gasteiger partial charge in [0.05, 0.1) is 20.3 Å². The summed E-state index contributed by atoms with van der Waals surface area (Å²) in [6.45, 7) is 1.21. The lowest BCUT2D eigenvalue weighted by molar-refractivity contribution is 0.107. The minimum Gasteiger partial charge on any atom is -0.497 e. The molecule has 0 N–H and O–H groups in total. The first-order valence-corrected chi connectivity index (χ1v) is 6.52. The molecule has 0 aromatic heterocycles. The zero-order chi connectivity index (χ0) is 12.8. The van der Waals surface area contributed by atoms with Crippen LogP contribution in [-0.2, 0) is 18.0 Å². The van der Waals surface area contributed by atoms with Gasteiger partial charge in [0, 0.05) is 4.47 Å². The lowest BCUT2D eigenvalue weighted by Crippen LogP contribution is -1.94. The number of rotatable bonds is 5. The molecular formula is C15H15BrO2. The quantitative estimate of drug-likeness (QED) is 0.825. The molecule has 18 heavy (non-hydrogen) atoms. The van der Waals surface area contributed by atoms with Gasteiger partial charge in [0.1, 0.15) is 5.75 Å². The van der Waals surface area contributed by atoms with Crippen LogP contribution in [0, 0.1) is 0 Å². The number of hydrogen-bond donors (Lipinski definition) is 0. The first-order chi connectivity index (χ1) is 8.78. The van der Waals surface area contributed by atoms with Gasteiger partial charge in [-0.3, -0.25) is 0 Å². The monoisotopic (exact) mass is 306 g/mol. The van der Waals surface area contributed by atoms with E-state index in [2.05, 4.69) is 28.1 Å². The molecule has 2 rings (SSSR count). The van der Waals surface area contributed by atoms with Gasteiger partial charge in [-0.2, -0.15) is 0 Å². The summed E-state index contributed by atoms with van der Waals surface area (Å²) in [6, 6.07) is 16.1. The van der Waals surface area contributed by atoms with E-state index in [0.29, 0.717) is 13.2 Å². The number of halogens is 1. The van der Waals surface area contributed by atoms with Gasteiger partial charge in [-0.25, -0.2) is 0 Å². The van der Waals surface area contributed by atoms with Gasteiger partial charge in [0.25, 0.3) is 0 Å². The maximum Gasteiger partial charge on any atom is 0.119 e. The summed E-state index contributed by atoms with van der Waals surface area (Å²) in [7, 11) is 1.67. The summed E-state index contributed by atoms with van der Waals surface area (Å²) in [4.78, 5) is 0. The number of methoxy groups -OCH3 is 1. The Labute approximate surface area is 116 Å². The Morgan fingerprint density at radius 2 is 1.67 bits per heavy atom. The van der Waals surface area contributed by atoms with Crippen LogP contribution in [0.4, 0.5) is 0 Å². The smallest absolute Gasteiger partial charge is 0.119 e. The summed E-state index contributed by atoms with van der Waals surface area (Å²) in [5.41, 5.74) is 2.28. The Balaban J connectivity index is 1.86. The topological polar surface area (TPSA) is 18.5 Å². The summed E-state index contributed by atoms with van der Waals surface area (Å²) in [5.74, 6) is 0.861. The fraction of sp³-hybridized carbons (Fsp3) is 0.200. The molecule has 94 valence electrons. The molecule has 0 saturated carbocycles. The average Bonchev–Trinajstić information content (AvgIpc) is 2.41. The van der Waals surface area contributed by atoms with Crippen molar-refractivity contribution in [2.75, 3.05) is 7.11 Å². The third kappa shape index (κ3) is 3.86. The van der Waals surface area contributed by atoms with E-state index in [0.717, 1.165) is 15.8 Å². The van der Waals surface area contributed by atoms with Crippen LogP contribution < -0.4 is 4.74 Å². The maximum absolute atomic E-state index is 5.67. The first kappa shape index (κ1) is 13.1. The van der Waals surface area contributed by atoms with Crippen molar-refractivity contribution in [3.05, 3.63) is 64.1 Å². The zero-order valence-corrected chi connectivity index (χ0v) is 11.8. The second kappa shape index (κ2) is 6.57. The van der Waals surface area contributed by atoms with E-state index in [1.165, 1.54) is 5.56 Å². The van der Waals surface area contributed by atoms with Crippen molar-refractivity contribution in [2.45, 2.75) is 13.2 Å². The molecule has 2 nitrogen and oxygen atoms in total. The molecule has 0 bridgehead atoms.